The maximum atomic E-state index is 13.2. The largest absolute Gasteiger partial charge is 0.401 e. The molecular formula is C14H17F4N3. The number of H-pyrrole nitrogens is 1. The molecule has 0 aliphatic heterocycles. The van der Waals surface area contributed by atoms with Crippen molar-refractivity contribution in [1.82, 2.24) is 14.9 Å². The summed E-state index contributed by atoms with van der Waals surface area (Å²) in [7, 11) is 0. The Hall–Kier alpha value is -1.63. The molecule has 0 saturated carbocycles. The summed E-state index contributed by atoms with van der Waals surface area (Å²) in [6.07, 6.45) is -1.05. The van der Waals surface area contributed by atoms with Crippen LogP contribution in [0.1, 0.15) is 19.4 Å². The average molecular weight is 303 g/mol. The lowest BCUT2D eigenvalue weighted by Crippen LogP contribution is -2.40. The van der Waals surface area contributed by atoms with Crippen molar-refractivity contribution in [1.29, 1.82) is 0 Å². The van der Waals surface area contributed by atoms with Crippen LogP contribution in [0.15, 0.2) is 18.5 Å². The van der Waals surface area contributed by atoms with Gasteiger partial charge in [0.15, 0.2) is 0 Å². The van der Waals surface area contributed by atoms with E-state index < -0.39 is 18.5 Å². The van der Waals surface area contributed by atoms with Gasteiger partial charge in [-0.15, -0.1) is 0 Å². The van der Waals surface area contributed by atoms with Crippen LogP contribution in [0.25, 0.3) is 11.0 Å². The molecule has 0 saturated heterocycles. The molecule has 0 spiro atoms. The predicted molar refractivity (Wildman–Crippen MR) is 72.5 cm³/mol. The van der Waals surface area contributed by atoms with Crippen molar-refractivity contribution in [2.75, 3.05) is 13.1 Å². The monoisotopic (exact) mass is 303 g/mol. The minimum absolute atomic E-state index is 0.216. The number of hydrogen-bond donors (Lipinski definition) is 1. The first kappa shape index (κ1) is 15.8. The molecule has 7 heteroatoms. The van der Waals surface area contributed by atoms with Gasteiger partial charge in [-0.3, -0.25) is 4.90 Å². The zero-order valence-corrected chi connectivity index (χ0v) is 11.8. The maximum Gasteiger partial charge on any atom is 0.401 e. The molecule has 3 nitrogen and oxygen atoms in total. The van der Waals surface area contributed by atoms with Crippen LogP contribution in [-0.4, -0.2) is 40.2 Å². The number of nitrogens with one attached hydrogen (secondary N) is 1. The Balaban J connectivity index is 2.10. The number of nitrogens with zero attached hydrogens (tertiary/aromatic N) is 2. The van der Waals surface area contributed by atoms with Gasteiger partial charge in [0.2, 0.25) is 0 Å². The van der Waals surface area contributed by atoms with E-state index in [1.165, 1.54) is 11.0 Å². The van der Waals surface area contributed by atoms with E-state index in [2.05, 4.69) is 9.97 Å². The van der Waals surface area contributed by atoms with Gasteiger partial charge in [-0.25, -0.2) is 9.37 Å². The third-order valence-corrected chi connectivity index (χ3v) is 3.36. The smallest absolute Gasteiger partial charge is 0.346 e. The van der Waals surface area contributed by atoms with E-state index in [1.54, 1.807) is 20.0 Å². The van der Waals surface area contributed by atoms with Gasteiger partial charge in [0, 0.05) is 24.2 Å². The third kappa shape index (κ3) is 4.17. The third-order valence-electron chi connectivity index (χ3n) is 3.36. The number of halogens is 4. The van der Waals surface area contributed by atoms with E-state index in [1.807, 2.05) is 0 Å². The highest BCUT2D eigenvalue weighted by molar-refractivity contribution is 5.79. The summed E-state index contributed by atoms with van der Waals surface area (Å²) in [4.78, 5) is 8.15. The van der Waals surface area contributed by atoms with Crippen molar-refractivity contribution < 1.29 is 17.6 Å². The Morgan fingerprint density at radius 1 is 1.33 bits per heavy atom. The van der Waals surface area contributed by atoms with Crippen molar-refractivity contribution in [3.05, 3.63) is 29.8 Å². The second-order valence-electron chi connectivity index (χ2n) is 5.29. The lowest BCUT2D eigenvalue weighted by atomic mass is 10.1. The Labute approximate surface area is 120 Å². The number of alkyl halides is 3. The molecule has 0 aromatic carbocycles. The van der Waals surface area contributed by atoms with Gasteiger partial charge in [0.1, 0.15) is 11.5 Å². The number of fused-ring (bicyclic) bond motifs is 1. The molecule has 0 atom stereocenters. The highest BCUT2D eigenvalue weighted by atomic mass is 19.4. The summed E-state index contributed by atoms with van der Waals surface area (Å²) in [5.74, 6) is -0.459. The first-order valence-corrected chi connectivity index (χ1v) is 6.68. The van der Waals surface area contributed by atoms with Gasteiger partial charge in [-0.05, 0) is 31.9 Å². The standard InChI is InChI=1S/C14H17F4N3/c1-9(2)21(8-14(16,17)18)4-3-10-6-19-13-12(10)5-11(15)7-20-13/h5-7,9H,3-4,8H2,1-2H3,(H,19,20). The molecule has 0 radical (unpaired) electrons. The van der Waals surface area contributed by atoms with Crippen molar-refractivity contribution in [2.24, 2.45) is 0 Å². The summed E-state index contributed by atoms with van der Waals surface area (Å²) in [5, 5.41) is 0.616. The zero-order valence-electron chi connectivity index (χ0n) is 11.8. The summed E-state index contributed by atoms with van der Waals surface area (Å²) in [5.41, 5.74) is 1.31. The van der Waals surface area contributed by atoms with Gasteiger partial charge < -0.3 is 4.98 Å². The summed E-state index contributed by atoms with van der Waals surface area (Å²) < 4.78 is 50.8. The highest BCUT2D eigenvalue weighted by Crippen LogP contribution is 2.21. The van der Waals surface area contributed by atoms with Crippen LogP contribution in [0.5, 0.6) is 0 Å². The lowest BCUT2D eigenvalue weighted by molar-refractivity contribution is -0.149. The fraction of sp³-hybridized carbons (Fsp3) is 0.500. The number of aromatic nitrogens is 2. The Morgan fingerprint density at radius 2 is 2.05 bits per heavy atom. The van der Waals surface area contributed by atoms with Crippen molar-refractivity contribution in [2.45, 2.75) is 32.5 Å². The number of rotatable bonds is 5. The molecule has 0 bridgehead atoms. The Kier molecular flexibility index (Phi) is 4.51. The van der Waals surface area contributed by atoms with Crippen LogP contribution >= 0.6 is 0 Å². The zero-order chi connectivity index (χ0) is 15.6. The van der Waals surface area contributed by atoms with Gasteiger partial charge in [-0.2, -0.15) is 13.2 Å². The molecule has 0 aliphatic carbocycles. The molecule has 2 heterocycles. The molecular weight excluding hydrogens is 286 g/mol. The lowest BCUT2D eigenvalue weighted by Gasteiger charge is -2.27. The van der Waals surface area contributed by atoms with E-state index in [0.29, 0.717) is 17.5 Å². The molecule has 116 valence electrons. The summed E-state index contributed by atoms with van der Waals surface area (Å²) in [6.45, 7) is 2.75. The van der Waals surface area contributed by atoms with E-state index >= 15 is 0 Å². The Morgan fingerprint density at radius 3 is 2.67 bits per heavy atom. The fourth-order valence-corrected chi connectivity index (χ4v) is 2.25. The van der Waals surface area contributed by atoms with E-state index in [-0.39, 0.29) is 12.6 Å². The van der Waals surface area contributed by atoms with Crippen molar-refractivity contribution in [3.8, 4) is 0 Å². The highest BCUT2D eigenvalue weighted by Gasteiger charge is 2.31. The molecule has 2 aromatic heterocycles. The van der Waals surface area contributed by atoms with Gasteiger partial charge in [0.05, 0.1) is 12.7 Å². The first-order chi connectivity index (χ1) is 9.76. The molecule has 0 amide bonds. The average Bonchev–Trinajstić information content (AvgIpc) is 2.75. The number of pyridine rings is 1. The second kappa shape index (κ2) is 6.01. The van der Waals surface area contributed by atoms with Gasteiger partial charge in [0.25, 0.3) is 0 Å². The molecule has 2 rings (SSSR count). The van der Waals surface area contributed by atoms with Crippen LogP contribution in [0.2, 0.25) is 0 Å². The molecule has 0 aliphatic rings. The van der Waals surface area contributed by atoms with E-state index in [0.717, 1.165) is 11.8 Å². The normalized spacial score (nSPS) is 12.8. The molecule has 21 heavy (non-hydrogen) atoms. The minimum atomic E-state index is -4.22. The Bertz CT molecular complexity index is 604. The maximum absolute atomic E-state index is 13.2. The van der Waals surface area contributed by atoms with Crippen molar-refractivity contribution >= 4 is 11.0 Å². The molecule has 0 fully saturated rings. The van der Waals surface area contributed by atoms with Crippen LogP contribution in [-0.2, 0) is 6.42 Å². The number of hydrogen-bond acceptors (Lipinski definition) is 2. The van der Waals surface area contributed by atoms with Gasteiger partial charge in [-0.1, -0.05) is 0 Å². The molecule has 1 N–H and O–H groups in total. The summed E-state index contributed by atoms with van der Waals surface area (Å²) in [6, 6.07) is 1.13. The van der Waals surface area contributed by atoms with Gasteiger partial charge >= 0.3 is 6.18 Å². The van der Waals surface area contributed by atoms with Crippen LogP contribution in [0.3, 0.4) is 0 Å². The van der Waals surface area contributed by atoms with Crippen LogP contribution in [0.4, 0.5) is 17.6 Å². The SMILES string of the molecule is CC(C)N(CCc1c[nH]c2ncc(F)cc12)CC(F)(F)F. The van der Waals surface area contributed by atoms with E-state index in [4.69, 9.17) is 0 Å². The topological polar surface area (TPSA) is 31.9 Å². The second-order valence-corrected chi connectivity index (χ2v) is 5.29. The summed E-state index contributed by atoms with van der Waals surface area (Å²) >= 11 is 0. The quantitative estimate of drug-likeness (QED) is 0.857. The number of aromatic amines is 1. The van der Waals surface area contributed by atoms with E-state index in [9.17, 15) is 17.6 Å². The molecule has 2 aromatic rings. The predicted octanol–water partition coefficient (Wildman–Crippen LogP) is 3.52. The van der Waals surface area contributed by atoms with Crippen LogP contribution in [0, 0.1) is 5.82 Å². The first-order valence-electron chi connectivity index (χ1n) is 6.68. The molecule has 0 unspecified atom stereocenters. The van der Waals surface area contributed by atoms with Crippen LogP contribution < -0.4 is 0 Å². The van der Waals surface area contributed by atoms with Crippen molar-refractivity contribution in [3.63, 3.8) is 0 Å². The fourth-order valence-electron chi connectivity index (χ4n) is 2.25. The minimum Gasteiger partial charge on any atom is -0.346 e.